The lowest BCUT2D eigenvalue weighted by atomic mass is 9.85. The van der Waals surface area contributed by atoms with E-state index in [1.165, 1.54) is 4.90 Å². The van der Waals surface area contributed by atoms with Gasteiger partial charge in [-0.05, 0) is 43.2 Å². The maximum absolute atomic E-state index is 13.8. The summed E-state index contributed by atoms with van der Waals surface area (Å²) in [6.07, 6.45) is 5.46. The number of β-amino-alcohol motifs (C(OH)–C–C–N with tert-alkyl or cyclic N) is 1. The molecule has 1 aromatic carbocycles. The molecule has 2 saturated carbocycles. The number of aromatic nitrogens is 3. The minimum atomic E-state index is -0.712. The summed E-state index contributed by atoms with van der Waals surface area (Å²) in [7, 11) is 0. The molecule has 2 aromatic rings. The third-order valence-electron chi connectivity index (χ3n) is 7.19. The molecule has 9 heteroatoms. The van der Waals surface area contributed by atoms with Crippen molar-refractivity contribution < 1.29 is 14.7 Å². The van der Waals surface area contributed by atoms with Crippen LogP contribution in [-0.4, -0.2) is 66.8 Å². The monoisotopic (exact) mass is 497 g/mol. The van der Waals surface area contributed by atoms with Crippen LogP contribution in [0.15, 0.2) is 41.4 Å². The number of hydrogen-bond acceptors (Lipinski definition) is 6. The fraction of sp³-hybridized carbons (Fsp3) is 0.615. The second kappa shape index (κ2) is 9.58. The van der Waals surface area contributed by atoms with Crippen LogP contribution in [0.4, 0.5) is 0 Å². The number of aliphatic hydroxyl groups is 1. The van der Waals surface area contributed by atoms with Gasteiger partial charge in [-0.1, -0.05) is 44.2 Å². The molecule has 3 aliphatic rings. The number of hydrogen-bond donors (Lipinski definition) is 2. The van der Waals surface area contributed by atoms with E-state index in [1.54, 1.807) is 9.58 Å². The summed E-state index contributed by atoms with van der Waals surface area (Å²) >= 11 is 1.84. The molecule has 1 saturated heterocycles. The van der Waals surface area contributed by atoms with E-state index in [9.17, 15) is 14.7 Å². The van der Waals surface area contributed by atoms with E-state index in [0.29, 0.717) is 11.2 Å². The van der Waals surface area contributed by atoms with Crippen molar-refractivity contribution in [3.63, 3.8) is 0 Å². The van der Waals surface area contributed by atoms with E-state index >= 15 is 0 Å². The van der Waals surface area contributed by atoms with Crippen LogP contribution in [0.2, 0.25) is 0 Å². The van der Waals surface area contributed by atoms with Crippen LogP contribution >= 0.6 is 11.8 Å². The second-order valence-electron chi connectivity index (χ2n) is 11.3. The van der Waals surface area contributed by atoms with Crippen molar-refractivity contribution in [2.75, 3.05) is 6.54 Å². The Hall–Kier alpha value is -2.39. The number of amides is 2. The van der Waals surface area contributed by atoms with Gasteiger partial charge in [0.05, 0.1) is 11.8 Å². The van der Waals surface area contributed by atoms with Gasteiger partial charge in [0.25, 0.3) is 0 Å². The first-order chi connectivity index (χ1) is 16.7. The summed E-state index contributed by atoms with van der Waals surface area (Å²) < 4.78 is 1.66. The van der Waals surface area contributed by atoms with E-state index in [4.69, 9.17) is 0 Å². The highest BCUT2D eigenvalue weighted by molar-refractivity contribution is 8.00. The lowest BCUT2D eigenvalue weighted by Gasteiger charge is -2.38. The Labute approximate surface area is 210 Å². The van der Waals surface area contributed by atoms with E-state index in [1.807, 2.05) is 56.9 Å². The standard InChI is InChI=1S/C26H35N5O3S/c1-26(2,3)23(31-15-21(28-29-31)16-9-10-16)25(34)30-14-18(32)13-22(30)24(33)27-17-11-20(12-17)35-19-7-5-4-6-8-19/h4-8,15-18,20,22-23,32H,9-14H2,1-3H3,(H,27,33)/t17?,18?,20?,22?,23-/m1/s1. The van der Waals surface area contributed by atoms with Crippen molar-refractivity contribution in [2.24, 2.45) is 5.41 Å². The number of nitrogens with one attached hydrogen (secondary N) is 1. The van der Waals surface area contributed by atoms with Gasteiger partial charge in [-0.2, -0.15) is 0 Å². The third kappa shape index (κ3) is 5.40. The molecule has 0 spiro atoms. The zero-order valence-electron chi connectivity index (χ0n) is 20.6. The Balaban J connectivity index is 1.23. The summed E-state index contributed by atoms with van der Waals surface area (Å²) in [5.41, 5.74) is 0.492. The molecule has 0 bridgehead atoms. The molecule has 3 fully saturated rings. The van der Waals surface area contributed by atoms with E-state index in [0.717, 1.165) is 31.4 Å². The molecule has 5 rings (SSSR count). The maximum Gasteiger partial charge on any atom is 0.248 e. The SMILES string of the molecule is CC(C)(C)[C@@H](C(=O)N1CC(O)CC1C(=O)NC1CC(Sc2ccccc2)C1)n1cc(C2CC2)nn1. The summed E-state index contributed by atoms with van der Waals surface area (Å²) in [6.45, 7) is 6.14. The molecule has 2 unspecified atom stereocenters. The van der Waals surface area contributed by atoms with Gasteiger partial charge in [0.15, 0.2) is 0 Å². The summed E-state index contributed by atoms with van der Waals surface area (Å²) in [6, 6.07) is 9.13. The van der Waals surface area contributed by atoms with Crippen molar-refractivity contribution in [3.05, 3.63) is 42.2 Å². The summed E-state index contributed by atoms with van der Waals surface area (Å²) in [5, 5.41) is 22.6. The zero-order valence-corrected chi connectivity index (χ0v) is 21.4. The number of rotatable bonds is 7. The molecule has 2 aliphatic carbocycles. The average molecular weight is 498 g/mol. The predicted octanol–water partition coefficient (Wildman–Crippen LogP) is 3.14. The molecule has 3 atom stereocenters. The quantitative estimate of drug-likeness (QED) is 0.610. The molecule has 2 heterocycles. The minimum absolute atomic E-state index is 0.105. The van der Waals surface area contributed by atoms with Crippen LogP contribution in [-0.2, 0) is 9.59 Å². The van der Waals surface area contributed by atoms with Gasteiger partial charge >= 0.3 is 0 Å². The van der Waals surface area contributed by atoms with Crippen LogP contribution < -0.4 is 5.32 Å². The number of aliphatic hydroxyl groups excluding tert-OH is 1. The highest BCUT2D eigenvalue weighted by atomic mass is 32.2. The topological polar surface area (TPSA) is 100 Å². The highest BCUT2D eigenvalue weighted by Gasteiger charge is 2.46. The number of thioether (sulfide) groups is 1. The molecular weight excluding hydrogens is 462 g/mol. The smallest absolute Gasteiger partial charge is 0.248 e. The first-order valence-corrected chi connectivity index (χ1v) is 13.5. The van der Waals surface area contributed by atoms with Crippen molar-refractivity contribution in [3.8, 4) is 0 Å². The Bertz CT molecular complexity index is 1060. The number of benzene rings is 1. The lowest BCUT2D eigenvalue weighted by Crippen LogP contribution is -2.54. The van der Waals surface area contributed by atoms with E-state index < -0.39 is 23.6 Å². The lowest BCUT2D eigenvalue weighted by molar-refractivity contribution is -0.144. The molecular formula is C26H35N5O3S. The normalized spacial score (nSPS) is 27.4. The molecule has 1 aliphatic heterocycles. The van der Waals surface area contributed by atoms with Crippen molar-refractivity contribution >= 4 is 23.6 Å². The molecule has 2 amide bonds. The summed E-state index contributed by atoms with van der Waals surface area (Å²) in [5.74, 6) is 0.0820. The fourth-order valence-corrected chi connectivity index (χ4v) is 6.45. The average Bonchev–Trinajstić information content (AvgIpc) is 3.39. The number of likely N-dealkylation sites (tertiary alicyclic amines) is 1. The minimum Gasteiger partial charge on any atom is -0.391 e. The van der Waals surface area contributed by atoms with Gasteiger partial charge in [-0.15, -0.1) is 16.9 Å². The molecule has 1 aromatic heterocycles. The molecule has 188 valence electrons. The summed E-state index contributed by atoms with van der Waals surface area (Å²) in [4.78, 5) is 29.8. The van der Waals surface area contributed by atoms with Crippen LogP contribution in [0.25, 0.3) is 0 Å². The van der Waals surface area contributed by atoms with Crippen LogP contribution in [0.1, 0.15) is 70.5 Å². The van der Waals surface area contributed by atoms with Gasteiger partial charge in [0, 0.05) is 41.3 Å². The van der Waals surface area contributed by atoms with E-state index in [2.05, 4.69) is 27.8 Å². The van der Waals surface area contributed by atoms with Crippen molar-refractivity contribution in [1.82, 2.24) is 25.2 Å². The van der Waals surface area contributed by atoms with Crippen LogP contribution in [0.3, 0.4) is 0 Å². The Kier molecular flexibility index (Phi) is 6.65. The van der Waals surface area contributed by atoms with Crippen LogP contribution in [0, 0.1) is 5.41 Å². The van der Waals surface area contributed by atoms with Gasteiger partial charge in [-0.25, -0.2) is 4.68 Å². The zero-order chi connectivity index (χ0) is 24.7. The first kappa shape index (κ1) is 24.3. The molecule has 8 nitrogen and oxygen atoms in total. The Morgan fingerprint density at radius 2 is 1.86 bits per heavy atom. The maximum atomic E-state index is 13.8. The van der Waals surface area contributed by atoms with Gasteiger partial charge < -0.3 is 15.3 Å². The fourth-order valence-electron chi connectivity index (χ4n) is 5.09. The Morgan fingerprint density at radius 1 is 1.14 bits per heavy atom. The second-order valence-corrected chi connectivity index (χ2v) is 12.7. The Morgan fingerprint density at radius 3 is 2.51 bits per heavy atom. The van der Waals surface area contributed by atoms with Crippen molar-refractivity contribution in [1.29, 1.82) is 0 Å². The van der Waals surface area contributed by atoms with Crippen LogP contribution in [0.5, 0.6) is 0 Å². The molecule has 2 N–H and O–H groups in total. The first-order valence-electron chi connectivity index (χ1n) is 12.6. The third-order valence-corrected chi connectivity index (χ3v) is 8.46. The molecule has 0 radical (unpaired) electrons. The van der Waals surface area contributed by atoms with Gasteiger partial charge in [-0.3, -0.25) is 9.59 Å². The number of carbonyl (C=O) groups excluding carboxylic acids is 2. The van der Waals surface area contributed by atoms with E-state index in [-0.39, 0.29) is 30.8 Å². The molecule has 35 heavy (non-hydrogen) atoms. The van der Waals surface area contributed by atoms with Crippen molar-refractivity contribution in [2.45, 2.75) is 93.2 Å². The predicted molar refractivity (Wildman–Crippen MR) is 134 cm³/mol. The number of carbonyl (C=O) groups is 2. The number of nitrogens with zero attached hydrogens (tertiary/aromatic N) is 4. The highest BCUT2D eigenvalue weighted by Crippen LogP contribution is 2.41. The van der Waals surface area contributed by atoms with Gasteiger partial charge in [0.1, 0.15) is 12.1 Å². The van der Waals surface area contributed by atoms with Gasteiger partial charge in [0.2, 0.25) is 11.8 Å². The largest absolute Gasteiger partial charge is 0.391 e.